The molecule has 1 aromatic carbocycles. The molecule has 0 aliphatic carbocycles. The van der Waals surface area contributed by atoms with Crippen molar-refractivity contribution in [3.63, 3.8) is 0 Å². The number of ether oxygens (including phenoxy) is 2. The average molecular weight is 212 g/mol. The molecule has 0 saturated carbocycles. The maximum atomic E-state index is 12.3. The Balaban J connectivity index is 2.30. The average Bonchev–Trinajstić information content (AvgIpc) is 2.27. The van der Waals surface area contributed by atoms with Crippen LogP contribution in [0.15, 0.2) is 18.2 Å². The van der Waals surface area contributed by atoms with Crippen molar-refractivity contribution >= 4 is 5.97 Å². The molecule has 1 aliphatic heterocycles. The molecule has 15 heavy (non-hydrogen) atoms. The number of aromatic carboxylic acids is 1. The van der Waals surface area contributed by atoms with Crippen LogP contribution in [0, 0.1) is 0 Å². The van der Waals surface area contributed by atoms with E-state index in [-0.39, 0.29) is 17.9 Å². The Labute approximate surface area is 85.2 Å². The van der Waals surface area contributed by atoms with Gasteiger partial charge in [0.2, 0.25) is 0 Å². The zero-order valence-electron chi connectivity index (χ0n) is 7.77. The van der Waals surface area contributed by atoms with E-state index in [1.807, 2.05) is 0 Å². The van der Waals surface area contributed by atoms with Gasteiger partial charge in [0.1, 0.15) is 13.3 Å². The lowest BCUT2D eigenvalue weighted by Gasteiger charge is -2.24. The second kappa shape index (κ2) is 3.76. The van der Waals surface area contributed by atoms with E-state index in [0.717, 1.165) is 0 Å². The maximum Gasteiger partial charge on any atom is 0.335 e. The Morgan fingerprint density at radius 3 is 3.00 bits per heavy atom. The summed E-state index contributed by atoms with van der Waals surface area (Å²) in [4.78, 5) is 10.7. The van der Waals surface area contributed by atoms with Crippen molar-refractivity contribution in [1.82, 2.24) is 0 Å². The van der Waals surface area contributed by atoms with E-state index in [9.17, 15) is 9.18 Å². The predicted molar refractivity (Wildman–Crippen MR) is 49.3 cm³/mol. The molecule has 0 amide bonds. The van der Waals surface area contributed by atoms with Gasteiger partial charge in [0.15, 0.2) is 17.6 Å². The van der Waals surface area contributed by atoms with Crippen molar-refractivity contribution in [2.45, 2.75) is 6.10 Å². The van der Waals surface area contributed by atoms with E-state index in [2.05, 4.69) is 0 Å². The number of alkyl halides is 1. The minimum atomic E-state index is -1.05. The van der Waals surface area contributed by atoms with Gasteiger partial charge in [0, 0.05) is 0 Å². The number of rotatable bonds is 2. The van der Waals surface area contributed by atoms with Crippen LogP contribution in [0.3, 0.4) is 0 Å². The molecule has 0 fully saturated rings. The summed E-state index contributed by atoms with van der Waals surface area (Å²) in [6.07, 6.45) is -0.651. The largest absolute Gasteiger partial charge is 0.486 e. The zero-order chi connectivity index (χ0) is 10.8. The van der Waals surface area contributed by atoms with Gasteiger partial charge in [-0.1, -0.05) is 0 Å². The van der Waals surface area contributed by atoms with Gasteiger partial charge in [-0.15, -0.1) is 0 Å². The molecule has 5 heteroatoms. The topological polar surface area (TPSA) is 55.8 Å². The molecule has 1 aromatic rings. The van der Waals surface area contributed by atoms with Gasteiger partial charge < -0.3 is 14.6 Å². The van der Waals surface area contributed by atoms with E-state index < -0.39 is 18.7 Å². The number of carbonyl (C=O) groups is 1. The summed E-state index contributed by atoms with van der Waals surface area (Å²) in [7, 11) is 0. The van der Waals surface area contributed by atoms with Crippen molar-refractivity contribution in [2.75, 3.05) is 13.3 Å². The van der Waals surface area contributed by atoms with Gasteiger partial charge in [-0.3, -0.25) is 0 Å². The van der Waals surface area contributed by atoms with Crippen LogP contribution in [0.4, 0.5) is 4.39 Å². The first kappa shape index (κ1) is 9.76. The molecule has 1 unspecified atom stereocenters. The van der Waals surface area contributed by atoms with Crippen molar-refractivity contribution in [3.05, 3.63) is 23.8 Å². The molecule has 80 valence electrons. The summed E-state index contributed by atoms with van der Waals surface area (Å²) in [6, 6.07) is 4.26. The van der Waals surface area contributed by atoms with Crippen molar-refractivity contribution in [2.24, 2.45) is 0 Å². The molecule has 0 radical (unpaired) electrons. The normalized spacial score (nSPS) is 18.6. The van der Waals surface area contributed by atoms with Gasteiger partial charge in [-0.05, 0) is 18.2 Å². The first-order chi connectivity index (χ1) is 7.20. The number of fused-ring (bicyclic) bond motifs is 1. The molecule has 1 aliphatic rings. The third kappa shape index (κ3) is 1.86. The smallest absolute Gasteiger partial charge is 0.335 e. The molecule has 0 aromatic heterocycles. The lowest BCUT2D eigenvalue weighted by Crippen LogP contribution is -2.30. The number of carboxylic acids is 1. The van der Waals surface area contributed by atoms with Crippen LogP contribution in [0.1, 0.15) is 10.4 Å². The monoisotopic (exact) mass is 212 g/mol. The van der Waals surface area contributed by atoms with E-state index in [1.54, 1.807) is 0 Å². The highest BCUT2D eigenvalue weighted by molar-refractivity contribution is 5.88. The quantitative estimate of drug-likeness (QED) is 0.806. The van der Waals surface area contributed by atoms with Crippen LogP contribution in [0.2, 0.25) is 0 Å². The highest BCUT2D eigenvalue weighted by Gasteiger charge is 2.21. The maximum absolute atomic E-state index is 12.3. The molecule has 1 N–H and O–H groups in total. The Morgan fingerprint density at radius 2 is 2.33 bits per heavy atom. The molecule has 0 spiro atoms. The minimum Gasteiger partial charge on any atom is -0.486 e. The molecule has 2 rings (SSSR count). The SMILES string of the molecule is O=C(O)c1ccc2c(c1)OC(CF)CO2. The van der Waals surface area contributed by atoms with Gasteiger partial charge in [-0.2, -0.15) is 0 Å². The highest BCUT2D eigenvalue weighted by atomic mass is 19.1. The zero-order valence-corrected chi connectivity index (χ0v) is 7.77. The van der Waals surface area contributed by atoms with Crippen LogP contribution in [-0.2, 0) is 0 Å². The minimum absolute atomic E-state index is 0.0943. The number of hydrogen-bond donors (Lipinski definition) is 1. The summed E-state index contributed by atoms with van der Waals surface area (Å²) in [6.45, 7) is -0.507. The Kier molecular flexibility index (Phi) is 2.45. The van der Waals surface area contributed by atoms with Crippen LogP contribution < -0.4 is 9.47 Å². The lowest BCUT2D eigenvalue weighted by atomic mass is 10.2. The van der Waals surface area contributed by atoms with E-state index in [1.165, 1.54) is 18.2 Å². The van der Waals surface area contributed by atoms with Crippen LogP contribution in [0.5, 0.6) is 11.5 Å². The fourth-order valence-electron chi connectivity index (χ4n) is 1.32. The van der Waals surface area contributed by atoms with Gasteiger partial charge in [0.25, 0.3) is 0 Å². The molecule has 1 heterocycles. The Hall–Kier alpha value is -1.78. The summed E-state index contributed by atoms with van der Waals surface area (Å²) >= 11 is 0. The molecular weight excluding hydrogens is 203 g/mol. The Morgan fingerprint density at radius 1 is 1.53 bits per heavy atom. The lowest BCUT2D eigenvalue weighted by molar-refractivity contribution is 0.0673. The first-order valence-electron chi connectivity index (χ1n) is 4.43. The van der Waals surface area contributed by atoms with Crippen molar-refractivity contribution in [1.29, 1.82) is 0 Å². The van der Waals surface area contributed by atoms with Crippen molar-refractivity contribution < 1.29 is 23.8 Å². The van der Waals surface area contributed by atoms with Crippen LogP contribution in [0.25, 0.3) is 0 Å². The van der Waals surface area contributed by atoms with Crippen LogP contribution in [-0.4, -0.2) is 30.5 Å². The standard InChI is InChI=1S/C10H9FO4/c11-4-7-5-14-8-2-1-6(10(12)13)3-9(8)15-7/h1-3,7H,4-5H2,(H,12,13). The third-order valence-electron chi connectivity index (χ3n) is 2.08. The van der Waals surface area contributed by atoms with E-state index in [4.69, 9.17) is 14.6 Å². The second-order valence-electron chi connectivity index (χ2n) is 3.17. The summed E-state index contributed by atoms with van der Waals surface area (Å²) in [5, 5.41) is 8.74. The molecule has 0 bridgehead atoms. The van der Waals surface area contributed by atoms with Crippen molar-refractivity contribution in [3.8, 4) is 11.5 Å². The molecule has 4 nitrogen and oxygen atoms in total. The fraction of sp³-hybridized carbons (Fsp3) is 0.300. The highest BCUT2D eigenvalue weighted by Crippen LogP contribution is 2.32. The summed E-state index contributed by atoms with van der Waals surface area (Å²) < 4.78 is 22.7. The summed E-state index contributed by atoms with van der Waals surface area (Å²) in [5.74, 6) is -0.322. The number of benzene rings is 1. The molecule has 0 saturated heterocycles. The molecular formula is C10H9FO4. The first-order valence-corrected chi connectivity index (χ1v) is 4.43. The van der Waals surface area contributed by atoms with Gasteiger partial charge in [0.05, 0.1) is 5.56 Å². The number of carboxylic acid groups (broad SMARTS) is 1. The Bertz CT molecular complexity index is 391. The van der Waals surface area contributed by atoms with Gasteiger partial charge in [-0.25, -0.2) is 9.18 Å². The van der Waals surface area contributed by atoms with Crippen LogP contribution >= 0.6 is 0 Å². The van der Waals surface area contributed by atoms with E-state index >= 15 is 0 Å². The number of halogens is 1. The fourth-order valence-corrected chi connectivity index (χ4v) is 1.32. The molecule has 1 atom stereocenters. The van der Waals surface area contributed by atoms with E-state index in [0.29, 0.717) is 5.75 Å². The third-order valence-corrected chi connectivity index (χ3v) is 2.08. The second-order valence-corrected chi connectivity index (χ2v) is 3.17. The van der Waals surface area contributed by atoms with Gasteiger partial charge >= 0.3 is 5.97 Å². The number of hydrogen-bond acceptors (Lipinski definition) is 3. The predicted octanol–water partition coefficient (Wildman–Crippen LogP) is 1.49. The summed E-state index contributed by atoms with van der Waals surface area (Å²) in [5.41, 5.74) is 0.0943.